The molecule has 0 spiro atoms. The highest BCUT2D eigenvalue weighted by molar-refractivity contribution is 6.31. The van der Waals surface area contributed by atoms with Crippen LogP contribution < -0.4 is 9.47 Å². The van der Waals surface area contributed by atoms with Crippen LogP contribution in [0.25, 0.3) is 10.9 Å². The van der Waals surface area contributed by atoms with E-state index in [1.54, 1.807) is 4.90 Å². The largest absolute Gasteiger partial charge is 0.494 e. The lowest BCUT2D eigenvalue weighted by Crippen LogP contribution is -2.42. The van der Waals surface area contributed by atoms with E-state index in [-0.39, 0.29) is 5.82 Å². The fourth-order valence-corrected chi connectivity index (χ4v) is 6.20. The third-order valence-corrected chi connectivity index (χ3v) is 8.36. The van der Waals surface area contributed by atoms with Crippen molar-refractivity contribution in [1.29, 1.82) is 0 Å². The minimum atomic E-state index is -0.488. The SMILES string of the molecule is O=C(Oc1ccc(F)cc1)N1CCc2c([nH]c3ccc(Cl)cc23)C1c1ccc(OCCCCN2CCCCC2)cc1. The molecule has 0 bridgehead atoms. The Kier molecular flexibility index (Phi) is 8.44. The van der Waals surface area contributed by atoms with E-state index in [0.29, 0.717) is 30.3 Å². The molecule has 1 amide bonds. The number of ether oxygens (including phenoxy) is 2. The van der Waals surface area contributed by atoms with Gasteiger partial charge >= 0.3 is 6.09 Å². The van der Waals surface area contributed by atoms with Crippen molar-refractivity contribution in [2.75, 3.05) is 32.8 Å². The predicted molar refractivity (Wildman–Crippen MR) is 159 cm³/mol. The Hall–Kier alpha value is -3.55. The molecule has 1 fully saturated rings. The summed E-state index contributed by atoms with van der Waals surface area (Å²) in [5, 5.41) is 1.74. The van der Waals surface area contributed by atoms with Crippen LogP contribution in [0.1, 0.15) is 55.0 Å². The van der Waals surface area contributed by atoms with Crippen molar-refractivity contribution >= 4 is 28.6 Å². The summed E-state index contributed by atoms with van der Waals surface area (Å²) in [6.45, 7) is 4.74. The first-order valence-electron chi connectivity index (χ1n) is 14.5. The zero-order valence-corrected chi connectivity index (χ0v) is 23.8. The Morgan fingerprint density at radius 3 is 2.46 bits per heavy atom. The molecule has 4 aromatic rings. The van der Waals surface area contributed by atoms with Gasteiger partial charge in [0.25, 0.3) is 0 Å². The molecule has 1 saturated heterocycles. The first-order valence-corrected chi connectivity index (χ1v) is 14.9. The number of H-pyrrole nitrogens is 1. The quantitative estimate of drug-likeness (QED) is 0.218. The number of hydrogen-bond donors (Lipinski definition) is 1. The highest BCUT2D eigenvalue weighted by Gasteiger charge is 2.35. The van der Waals surface area contributed by atoms with Crippen molar-refractivity contribution in [1.82, 2.24) is 14.8 Å². The molecule has 1 atom stereocenters. The van der Waals surface area contributed by atoms with Crippen LogP contribution >= 0.6 is 11.6 Å². The highest BCUT2D eigenvalue weighted by atomic mass is 35.5. The average Bonchev–Trinajstić information content (AvgIpc) is 3.36. The second-order valence-electron chi connectivity index (χ2n) is 10.9. The van der Waals surface area contributed by atoms with E-state index in [4.69, 9.17) is 21.1 Å². The number of aromatic amines is 1. The fraction of sp³-hybridized carbons (Fsp3) is 0.364. The maximum atomic E-state index is 13.4. The number of aromatic nitrogens is 1. The van der Waals surface area contributed by atoms with Crippen molar-refractivity contribution in [3.8, 4) is 11.5 Å². The van der Waals surface area contributed by atoms with Gasteiger partial charge in [-0.25, -0.2) is 9.18 Å². The summed E-state index contributed by atoms with van der Waals surface area (Å²) in [7, 11) is 0. The van der Waals surface area contributed by atoms with E-state index in [0.717, 1.165) is 52.9 Å². The summed E-state index contributed by atoms with van der Waals surface area (Å²) in [6.07, 6.45) is 6.32. The van der Waals surface area contributed by atoms with Gasteiger partial charge in [0.2, 0.25) is 0 Å². The van der Waals surface area contributed by atoms with Crippen LogP contribution in [0, 0.1) is 5.82 Å². The van der Waals surface area contributed by atoms with Crippen LogP contribution in [0.2, 0.25) is 5.02 Å². The van der Waals surface area contributed by atoms with Crippen molar-refractivity contribution in [2.24, 2.45) is 0 Å². The van der Waals surface area contributed by atoms with Crippen LogP contribution in [0.5, 0.6) is 11.5 Å². The second-order valence-corrected chi connectivity index (χ2v) is 11.3. The minimum absolute atomic E-state index is 0.299. The number of hydrogen-bond acceptors (Lipinski definition) is 4. The first kappa shape index (κ1) is 27.6. The van der Waals surface area contributed by atoms with Crippen LogP contribution in [-0.2, 0) is 6.42 Å². The van der Waals surface area contributed by atoms with Gasteiger partial charge in [0.1, 0.15) is 23.4 Å². The van der Waals surface area contributed by atoms with Crippen molar-refractivity contribution in [3.05, 3.63) is 94.4 Å². The first-order chi connectivity index (χ1) is 20.0. The van der Waals surface area contributed by atoms with Crippen LogP contribution in [0.3, 0.4) is 0 Å². The number of likely N-dealkylation sites (tertiary alicyclic amines) is 1. The molecule has 41 heavy (non-hydrogen) atoms. The van der Waals surface area contributed by atoms with E-state index in [1.807, 2.05) is 42.5 Å². The number of carbonyl (C=O) groups is 1. The van der Waals surface area contributed by atoms with Gasteiger partial charge in [-0.05, 0) is 117 Å². The van der Waals surface area contributed by atoms with Gasteiger partial charge in [-0.2, -0.15) is 0 Å². The molecule has 1 N–H and O–H groups in total. The molecule has 3 heterocycles. The van der Waals surface area contributed by atoms with Crippen LogP contribution in [0.4, 0.5) is 9.18 Å². The number of benzene rings is 3. The number of nitrogens with zero attached hydrogens (tertiary/aromatic N) is 2. The summed E-state index contributed by atoms with van der Waals surface area (Å²) >= 11 is 6.33. The van der Waals surface area contributed by atoms with E-state index < -0.39 is 12.1 Å². The number of rotatable bonds is 8. The van der Waals surface area contributed by atoms with Gasteiger partial charge in [0.15, 0.2) is 0 Å². The number of fused-ring (bicyclic) bond motifs is 3. The van der Waals surface area contributed by atoms with E-state index in [9.17, 15) is 9.18 Å². The maximum absolute atomic E-state index is 13.4. The lowest BCUT2D eigenvalue weighted by Gasteiger charge is -2.35. The molecule has 6 nitrogen and oxygen atoms in total. The molecule has 0 aliphatic carbocycles. The summed E-state index contributed by atoms with van der Waals surface area (Å²) < 4.78 is 25.1. The molecule has 214 valence electrons. The summed E-state index contributed by atoms with van der Waals surface area (Å²) in [4.78, 5) is 21.3. The normalized spacial score (nSPS) is 17.4. The van der Waals surface area contributed by atoms with Crippen molar-refractivity contribution in [2.45, 2.75) is 44.6 Å². The highest BCUT2D eigenvalue weighted by Crippen LogP contribution is 2.40. The maximum Gasteiger partial charge on any atom is 0.416 e. The molecule has 8 heteroatoms. The van der Waals surface area contributed by atoms with Gasteiger partial charge in [0, 0.05) is 28.2 Å². The Morgan fingerprint density at radius 1 is 0.927 bits per heavy atom. The van der Waals surface area contributed by atoms with Crippen molar-refractivity contribution in [3.63, 3.8) is 0 Å². The molecule has 6 rings (SSSR count). The predicted octanol–water partition coefficient (Wildman–Crippen LogP) is 7.75. The summed E-state index contributed by atoms with van der Waals surface area (Å²) in [6, 6.07) is 18.9. The smallest absolute Gasteiger partial charge is 0.416 e. The van der Waals surface area contributed by atoms with Gasteiger partial charge in [-0.1, -0.05) is 30.2 Å². The van der Waals surface area contributed by atoms with Gasteiger partial charge in [0.05, 0.1) is 6.61 Å². The zero-order valence-electron chi connectivity index (χ0n) is 23.1. The summed E-state index contributed by atoms with van der Waals surface area (Å²) in [5.41, 5.74) is 4.00. The standard InChI is InChI=1S/C33H35ClFN3O3/c34-24-8-15-30-29(22-24)28-16-20-38(33(39)41-27-13-9-25(35)10-14-27)32(31(28)36-30)23-6-11-26(12-7-23)40-21-5-4-19-37-17-2-1-3-18-37/h6-15,22,32,36H,1-5,16-21H2. The third kappa shape index (κ3) is 6.36. The van der Waals surface area contributed by atoms with Crippen molar-refractivity contribution < 1.29 is 18.7 Å². The molecule has 2 aliphatic rings. The fourth-order valence-electron chi connectivity index (χ4n) is 6.02. The molecular formula is C33H35ClFN3O3. The van der Waals surface area contributed by atoms with E-state index in [2.05, 4.69) is 9.88 Å². The molecule has 0 saturated carbocycles. The second kappa shape index (κ2) is 12.5. The Balaban J connectivity index is 1.19. The van der Waals surface area contributed by atoms with Crippen LogP contribution in [-0.4, -0.2) is 53.7 Å². The number of piperidine rings is 1. The summed E-state index contributed by atoms with van der Waals surface area (Å²) in [5.74, 6) is 0.728. The molecule has 0 radical (unpaired) electrons. The molecule has 2 aliphatic heterocycles. The molecule has 3 aromatic carbocycles. The van der Waals surface area contributed by atoms with Crippen LogP contribution in [0.15, 0.2) is 66.7 Å². The number of amides is 1. The Labute approximate surface area is 245 Å². The lowest BCUT2D eigenvalue weighted by atomic mass is 9.92. The minimum Gasteiger partial charge on any atom is -0.494 e. The van der Waals surface area contributed by atoms with E-state index >= 15 is 0 Å². The number of halogens is 2. The average molecular weight is 576 g/mol. The van der Waals surface area contributed by atoms with Gasteiger partial charge in [-0.3, -0.25) is 4.90 Å². The lowest BCUT2D eigenvalue weighted by molar-refractivity contribution is 0.135. The van der Waals surface area contributed by atoms with E-state index in [1.165, 1.54) is 56.6 Å². The number of unbranched alkanes of at least 4 members (excludes halogenated alkanes) is 1. The van der Waals surface area contributed by atoms with Gasteiger partial charge < -0.3 is 19.4 Å². The monoisotopic (exact) mass is 575 g/mol. The third-order valence-electron chi connectivity index (χ3n) is 8.12. The Morgan fingerprint density at radius 2 is 1.68 bits per heavy atom. The molecule has 1 unspecified atom stereocenters. The zero-order chi connectivity index (χ0) is 28.2. The molecular weight excluding hydrogens is 541 g/mol. The Bertz CT molecular complexity index is 1480. The van der Waals surface area contributed by atoms with Gasteiger partial charge in [-0.15, -0.1) is 0 Å². The topological polar surface area (TPSA) is 57.8 Å². The number of nitrogens with one attached hydrogen (secondary N) is 1. The molecule has 1 aromatic heterocycles. The number of carbonyl (C=O) groups excluding carboxylic acids is 1.